The van der Waals surface area contributed by atoms with Crippen LogP contribution < -0.4 is 0 Å². The standard InChI is InChI=1S/C13H12N2S/c1-8(2)11-13-12(15-7-14-11)9-5-3-4-6-10(9)16-13/h3-8H,1-2H3. The van der Waals surface area contributed by atoms with E-state index in [0.29, 0.717) is 5.92 Å². The van der Waals surface area contributed by atoms with E-state index in [1.54, 1.807) is 17.7 Å². The van der Waals surface area contributed by atoms with E-state index in [9.17, 15) is 0 Å². The molecule has 0 unspecified atom stereocenters. The fourth-order valence-corrected chi connectivity index (χ4v) is 3.25. The van der Waals surface area contributed by atoms with E-state index in [2.05, 4.69) is 48.1 Å². The highest BCUT2D eigenvalue weighted by Crippen LogP contribution is 2.35. The normalized spacial score (nSPS) is 11.7. The van der Waals surface area contributed by atoms with Gasteiger partial charge in [0.2, 0.25) is 0 Å². The summed E-state index contributed by atoms with van der Waals surface area (Å²) in [6.45, 7) is 4.35. The lowest BCUT2D eigenvalue weighted by Crippen LogP contribution is -1.92. The largest absolute Gasteiger partial charge is 0.240 e. The Bertz CT molecular complexity index is 655. The first-order chi connectivity index (χ1) is 7.77. The maximum Gasteiger partial charge on any atom is 0.116 e. The van der Waals surface area contributed by atoms with Crippen molar-refractivity contribution in [3.05, 3.63) is 36.3 Å². The minimum absolute atomic E-state index is 0.443. The Balaban J connectivity index is 2.49. The highest BCUT2D eigenvalue weighted by Gasteiger charge is 2.12. The quantitative estimate of drug-likeness (QED) is 0.630. The predicted octanol–water partition coefficient (Wildman–Crippen LogP) is 3.97. The maximum absolute atomic E-state index is 4.41. The van der Waals surface area contributed by atoms with Crippen molar-refractivity contribution in [3.8, 4) is 0 Å². The topological polar surface area (TPSA) is 25.8 Å². The molecule has 0 N–H and O–H groups in total. The van der Waals surface area contributed by atoms with Crippen molar-refractivity contribution in [2.24, 2.45) is 0 Å². The first kappa shape index (κ1) is 9.73. The van der Waals surface area contributed by atoms with Crippen LogP contribution in [0.5, 0.6) is 0 Å². The molecule has 0 atom stereocenters. The van der Waals surface area contributed by atoms with Crippen LogP contribution in [0.25, 0.3) is 20.3 Å². The van der Waals surface area contributed by atoms with E-state index in [0.717, 1.165) is 11.2 Å². The molecule has 2 nitrogen and oxygen atoms in total. The molecular formula is C13H12N2S. The van der Waals surface area contributed by atoms with Crippen LogP contribution in [-0.4, -0.2) is 9.97 Å². The SMILES string of the molecule is CC(C)c1ncnc2c1sc1ccccc12. The lowest BCUT2D eigenvalue weighted by atomic mass is 10.1. The molecule has 16 heavy (non-hydrogen) atoms. The van der Waals surface area contributed by atoms with Gasteiger partial charge in [0.25, 0.3) is 0 Å². The molecule has 0 bridgehead atoms. The van der Waals surface area contributed by atoms with Gasteiger partial charge < -0.3 is 0 Å². The summed E-state index contributed by atoms with van der Waals surface area (Å²) in [5.41, 5.74) is 2.26. The molecule has 0 fully saturated rings. The van der Waals surface area contributed by atoms with Crippen LogP contribution in [-0.2, 0) is 0 Å². The van der Waals surface area contributed by atoms with Gasteiger partial charge >= 0.3 is 0 Å². The minimum Gasteiger partial charge on any atom is -0.240 e. The second kappa shape index (κ2) is 3.52. The second-order valence-corrected chi connectivity index (χ2v) is 5.24. The average Bonchev–Trinajstić information content (AvgIpc) is 2.67. The number of hydrogen-bond donors (Lipinski definition) is 0. The number of nitrogens with zero attached hydrogens (tertiary/aromatic N) is 2. The van der Waals surface area contributed by atoms with E-state index in [-0.39, 0.29) is 0 Å². The van der Waals surface area contributed by atoms with Gasteiger partial charge in [-0.25, -0.2) is 9.97 Å². The number of rotatable bonds is 1. The summed E-state index contributed by atoms with van der Waals surface area (Å²) in [5.74, 6) is 0.443. The molecule has 1 aromatic carbocycles. The van der Waals surface area contributed by atoms with Crippen molar-refractivity contribution in [2.45, 2.75) is 19.8 Å². The Morgan fingerprint density at radius 1 is 1.12 bits per heavy atom. The zero-order valence-corrected chi connectivity index (χ0v) is 10.1. The summed E-state index contributed by atoms with van der Waals surface area (Å²) >= 11 is 1.79. The summed E-state index contributed by atoms with van der Waals surface area (Å²) < 4.78 is 2.53. The molecule has 0 aliphatic rings. The van der Waals surface area contributed by atoms with Crippen LogP contribution in [0.3, 0.4) is 0 Å². The van der Waals surface area contributed by atoms with E-state index in [1.807, 2.05) is 0 Å². The highest BCUT2D eigenvalue weighted by atomic mass is 32.1. The number of hydrogen-bond acceptors (Lipinski definition) is 3. The molecule has 0 aliphatic heterocycles. The van der Waals surface area contributed by atoms with Gasteiger partial charge in [0.15, 0.2) is 0 Å². The van der Waals surface area contributed by atoms with Crippen molar-refractivity contribution in [3.63, 3.8) is 0 Å². The summed E-state index contributed by atoms with van der Waals surface area (Å²) in [7, 11) is 0. The fraction of sp³-hybridized carbons (Fsp3) is 0.231. The van der Waals surface area contributed by atoms with Crippen molar-refractivity contribution < 1.29 is 0 Å². The first-order valence-corrected chi connectivity index (χ1v) is 6.21. The van der Waals surface area contributed by atoms with E-state index in [4.69, 9.17) is 0 Å². The van der Waals surface area contributed by atoms with Crippen molar-refractivity contribution in [1.82, 2.24) is 9.97 Å². The number of aromatic nitrogens is 2. The molecule has 2 heterocycles. The van der Waals surface area contributed by atoms with E-state index >= 15 is 0 Å². The first-order valence-electron chi connectivity index (χ1n) is 5.39. The maximum atomic E-state index is 4.41. The number of benzene rings is 1. The molecule has 0 saturated carbocycles. The van der Waals surface area contributed by atoms with E-state index in [1.165, 1.54) is 14.8 Å². The van der Waals surface area contributed by atoms with Gasteiger partial charge in [-0.3, -0.25) is 0 Å². The molecule has 3 rings (SSSR count). The molecule has 2 aromatic heterocycles. The molecule has 0 spiro atoms. The third-order valence-electron chi connectivity index (χ3n) is 2.73. The van der Waals surface area contributed by atoms with Crippen LogP contribution in [0.15, 0.2) is 30.6 Å². The van der Waals surface area contributed by atoms with Crippen molar-refractivity contribution in [1.29, 1.82) is 0 Å². The molecule has 0 saturated heterocycles. The summed E-state index contributed by atoms with van der Waals surface area (Å²) in [5, 5.41) is 1.24. The van der Waals surface area contributed by atoms with Gasteiger partial charge in [0.1, 0.15) is 6.33 Å². The smallest absolute Gasteiger partial charge is 0.116 e. The Morgan fingerprint density at radius 3 is 2.75 bits per heavy atom. The second-order valence-electron chi connectivity index (χ2n) is 4.19. The molecule has 3 aromatic rings. The number of fused-ring (bicyclic) bond motifs is 3. The summed E-state index contributed by atoms with van der Waals surface area (Å²) in [6.07, 6.45) is 1.68. The zero-order chi connectivity index (χ0) is 11.1. The van der Waals surface area contributed by atoms with E-state index < -0.39 is 0 Å². The Morgan fingerprint density at radius 2 is 1.94 bits per heavy atom. The fourth-order valence-electron chi connectivity index (χ4n) is 1.95. The van der Waals surface area contributed by atoms with Gasteiger partial charge in [0.05, 0.1) is 15.9 Å². The van der Waals surface area contributed by atoms with Gasteiger partial charge in [-0.05, 0) is 12.0 Å². The lowest BCUT2D eigenvalue weighted by Gasteiger charge is -2.03. The minimum atomic E-state index is 0.443. The molecule has 0 radical (unpaired) electrons. The Hall–Kier alpha value is -1.48. The van der Waals surface area contributed by atoms with Gasteiger partial charge in [0, 0.05) is 10.1 Å². The predicted molar refractivity (Wildman–Crippen MR) is 69.0 cm³/mol. The summed E-state index contributed by atoms with van der Waals surface area (Å²) in [6, 6.07) is 8.41. The van der Waals surface area contributed by atoms with Crippen LogP contribution >= 0.6 is 11.3 Å². The van der Waals surface area contributed by atoms with Crippen LogP contribution in [0.4, 0.5) is 0 Å². The van der Waals surface area contributed by atoms with Crippen LogP contribution in [0, 0.1) is 0 Å². The monoisotopic (exact) mass is 228 g/mol. The Labute approximate surface area is 98.0 Å². The van der Waals surface area contributed by atoms with Gasteiger partial charge in [-0.1, -0.05) is 32.0 Å². The highest BCUT2D eigenvalue weighted by molar-refractivity contribution is 7.25. The van der Waals surface area contributed by atoms with Gasteiger partial charge in [-0.2, -0.15) is 0 Å². The van der Waals surface area contributed by atoms with Crippen molar-refractivity contribution >= 4 is 31.6 Å². The average molecular weight is 228 g/mol. The molecule has 80 valence electrons. The molecular weight excluding hydrogens is 216 g/mol. The third-order valence-corrected chi connectivity index (χ3v) is 3.91. The number of thiophene rings is 1. The Kier molecular flexibility index (Phi) is 2.14. The summed E-state index contributed by atoms with van der Waals surface area (Å²) in [4.78, 5) is 8.81. The molecule has 0 amide bonds. The van der Waals surface area contributed by atoms with Crippen LogP contribution in [0.1, 0.15) is 25.5 Å². The van der Waals surface area contributed by atoms with Crippen molar-refractivity contribution in [2.75, 3.05) is 0 Å². The van der Waals surface area contributed by atoms with Gasteiger partial charge in [-0.15, -0.1) is 11.3 Å². The van der Waals surface area contributed by atoms with Crippen LogP contribution in [0.2, 0.25) is 0 Å². The molecule has 3 heteroatoms. The molecule has 0 aliphatic carbocycles. The lowest BCUT2D eigenvalue weighted by molar-refractivity contribution is 0.831. The third kappa shape index (κ3) is 1.32. The zero-order valence-electron chi connectivity index (χ0n) is 9.27.